The second-order valence-electron chi connectivity index (χ2n) is 8.32. The fourth-order valence-electron chi connectivity index (χ4n) is 3.71. The van der Waals surface area contributed by atoms with Crippen LogP contribution in [0.2, 0.25) is 0 Å². The SMILES string of the molecule is Cc1ccc(NC(=O)c2cccc(S(=O)(=O)Nc3c(C)n(C)n(-c4ccccc4)c3=O)c2)cc1C. The van der Waals surface area contributed by atoms with Gasteiger partial charge < -0.3 is 5.32 Å². The number of nitrogens with one attached hydrogen (secondary N) is 2. The van der Waals surface area contributed by atoms with Gasteiger partial charge in [0.25, 0.3) is 21.5 Å². The summed E-state index contributed by atoms with van der Waals surface area (Å²) in [5.41, 5.74) is 3.44. The van der Waals surface area contributed by atoms with E-state index in [-0.39, 0.29) is 16.1 Å². The van der Waals surface area contributed by atoms with Crippen molar-refractivity contribution >= 4 is 27.3 Å². The van der Waals surface area contributed by atoms with Crippen molar-refractivity contribution in [3.05, 3.63) is 106 Å². The average Bonchev–Trinajstić information content (AvgIpc) is 3.04. The molecule has 0 bridgehead atoms. The van der Waals surface area contributed by atoms with Gasteiger partial charge in [-0.05, 0) is 74.4 Å². The van der Waals surface area contributed by atoms with Crippen molar-refractivity contribution in [3.8, 4) is 5.69 Å². The number of carbonyl (C=O) groups excluding carboxylic acids is 1. The number of carbonyl (C=O) groups is 1. The summed E-state index contributed by atoms with van der Waals surface area (Å²) in [5.74, 6) is -0.437. The Morgan fingerprint density at radius 2 is 1.57 bits per heavy atom. The van der Waals surface area contributed by atoms with E-state index in [0.29, 0.717) is 17.1 Å². The normalized spacial score (nSPS) is 11.3. The van der Waals surface area contributed by atoms with Gasteiger partial charge in [-0.25, -0.2) is 13.1 Å². The second-order valence-corrected chi connectivity index (χ2v) is 10.0. The van der Waals surface area contributed by atoms with Crippen molar-refractivity contribution in [2.45, 2.75) is 25.7 Å². The molecule has 0 aliphatic rings. The van der Waals surface area contributed by atoms with Gasteiger partial charge in [0.15, 0.2) is 0 Å². The average molecular weight is 491 g/mol. The Hall–Kier alpha value is -4.11. The van der Waals surface area contributed by atoms with Crippen molar-refractivity contribution in [3.63, 3.8) is 0 Å². The molecule has 8 nitrogen and oxygen atoms in total. The van der Waals surface area contributed by atoms with Crippen molar-refractivity contribution in [1.82, 2.24) is 9.36 Å². The van der Waals surface area contributed by atoms with Crippen LogP contribution in [0.1, 0.15) is 27.2 Å². The lowest BCUT2D eigenvalue weighted by Crippen LogP contribution is -2.23. The molecule has 4 rings (SSSR count). The summed E-state index contributed by atoms with van der Waals surface area (Å²) >= 11 is 0. The molecule has 0 spiro atoms. The fraction of sp³-hybridized carbons (Fsp3) is 0.154. The molecular weight excluding hydrogens is 464 g/mol. The third-order valence-corrected chi connectivity index (χ3v) is 7.31. The van der Waals surface area contributed by atoms with Crippen LogP contribution in [0.4, 0.5) is 11.4 Å². The standard InChI is InChI=1S/C26H26N4O4S/c1-17-13-14-21(15-18(17)2)27-25(31)20-9-8-12-23(16-20)35(33,34)28-24-19(3)29(4)30(26(24)32)22-10-6-5-7-11-22/h5-16,28H,1-4H3,(H,27,31). The zero-order chi connectivity index (χ0) is 25.3. The molecule has 0 saturated heterocycles. The Morgan fingerprint density at radius 1 is 0.857 bits per heavy atom. The molecule has 0 fully saturated rings. The molecule has 35 heavy (non-hydrogen) atoms. The van der Waals surface area contributed by atoms with Crippen LogP contribution in [0.5, 0.6) is 0 Å². The number of amides is 1. The molecule has 9 heteroatoms. The maximum absolute atomic E-state index is 13.2. The van der Waals surface area contributed by atoms with Crippen molar-refractivity contribution in [2.24, 2.45) is 7.05 Å². The highest BCUT2D eigenvalue weighted by Crippen LogP contribution is 2.21. The molecule has 0 aliphatic carbocycles. The van der Waals surface area contributed by atoms with Gasteiger partial charge in [-0.2, -0.15) is 0 Å². The lowest BCUT2D eigenvalue weighted by Gasteiger charge is -2.10. The molecule has 4 aromatic rings. The molecule has 0 aliphatic heterocycles. The summed E-state index contributed by atoms with van der Waals surface area (Å²) in [4.78, 5) is 25.8. The molecule has 1 heterocycles. The number of nitrogens with zero attached hydrogens (tertiary/aromatic N) is 2. The molecule has 0 atom stereocenters. The molecule has 180 valence electrons. The Morgan fingerprint density at radius 3 is 2.26 bits per heavy atom. The first-order chi connectivity index (χ1) is 16.6. The number of benzene rings is 3. The number of aromatic nitrogens is 2. The van der Waals surface area contributed by atoms with E-state index in [1.54, 1.807) is 49.0 Å². The van der Waals surface area contributed by atoms with Gasteiger partial charge >= 0.3 is 0 Å². The third-order valence-electron chi connectivity index (χ3n) is 5.96. The maximum Gasteiger partial charge on any atom is 0.296 e. The van der Waals surface area contributed by atoms with Crippen LogP contribution in [0.3, 0.4) is 0 Å². The summed E-state index contributed by atoms with van der Waals surface area (Å²) in [7, 11) is -2.46. The molecule has 0 saturated carbocycles. The molecule has 1 amide bonds. The van der Waals surface area contributed by atoms with Crippen LogP contribution in [0.15, 0.2) is 82.5 Å². The van der Waals surface area contributed by atoms with E-state index >= 15 is 0 Å². The van der Waals surface area contributed by atoms with Gasteiger partial charge in [-0.1, -0.05) is 30.3 Å². The first-order valence-corrected chi connectivity index (χ1v) is 12.4. The molecule has 0 unspecified atom stereocenters. The molecule has 3 aromatic carbocycles. The van der Waals surface area contributed by atoms with Crippen LogP contribution in [-0.4, -0.2) is 23.7 Å². The van der Waals surface area contributed by atoms with Crippen LogP contribution in [-0.2, 0) is 17.1 Å². The Bertz CT molecular complexity index is 1590. The fourth-order valence-corrected chi connectivity index (χ4v) is 4.87. The largest absolute Gasteiger partial charge is 0.322 e. The van der Waals surface area contributed by atoms with Gasteiger partial charge in [-0.15, -0.1) is 0 Å². The Balaban J connectivity index is 1.63. The highest BCUT2D eigenvalue weighted by Gasteiger charge is 2.23. The third kappa shape index (κ3) is 4.76. The van der Waals surface area contributed by atoms with Crippen LogP contribution < -0.4 is 15.6 Å². The van der Waals surface area contributed by atoms with Crippen LogP contribution >= 0.6 is 0 Å². The lowest BCUT2D eigenvalue weighted by molar-refractivity contribution is 0.102. The number of anilines is 2. The van der Waals surface area contributed by atoms with E-state index in [2.05, 4.69) is 10.0 Å². The topological polar surface area (TPSA) is 102 Å². The van der Waals surface area contributed by atoms with Crippen molar-refractivity contribution in [1.29, 1.82) is 0 Å². The number of sulfonamides is 1. The Labute approximate surface area is 203 Å². The minimum absolute atomic E-state index is 0.0543. The Kier molecular flexibility index (Phi) is 6.36. The number of hydrogen-bond donors (Lipinski definition) is 2. The molecule has 0 radical (unpaired) electrons. The predicted molar refractivity (Wildman–Crippen MR) is 137 cm³/mol. The number of rotatable bonds is 6. The maximum atomic E-state index is 13.2. The van der Waals surface area contributed by atoms with E-state index in [0.717, 1.165) is 11.1 Å². The highest BCUT2D eigenvalue weighted by atomic mass is 32.2. The lowest BCUT2D eigenvalue weighted by atomic mass is 10.1. The zero-order valence-electron chi connectivity index (χ0n) is 19.9. The van der Waals surface area contributed by atoms with Crippen LogP contribution in [0.25, 0.3) is 5.69 Å². The molecule has 2 N–H and O–H groups in total. The van der Waals surface area contributed by atoms with Gasteiger partial charge in [0.05, 0.1) is 16.3 Å². The van der Waals surface area contributed by atoms with E-state index in [1.165, 1.54) is 28.9 Å². The summed E-state index contributed by atoms with van der Waals surface area (Å²) in [6, 6.07) is 20.2. The van der Waals surface area contributed by atoms with Crippen molar-refractivity contribution in [2.75, 3.05) is 10.0 Å². The zero-order valence-corrected chi connectivity index (χ0v) is 20.7. The summed E-state index contributed by atoms with van der Waals surface area (Å²) in [6.45, 7) is 5.58. The van der Waals surface area contributed by atoms with Gasteiger partial charge in [-0.3, -0.25) is 19.0 Å². The van der Waals surface area contributed by atoms with Crippen LogP contribution in [0, 0.1) is 20.8 Å². The van der Waals surface area contributed by atoms with E-state index in [9.17, 15) is 18.0 Å². The van der Waals surface area contributed by atoms with Crippen molar-refractivity contribution < 1.29 is 13.2 Å². The predicted octanol–water partition coefficient (Wildman–Crippen LogP) is 4.15. The van der Waals surface area contributed by atoms with E-state index in [4.69, 9.17) is 0 Å². The quantitative estimate of drug-likeness (QED) is 0.424. The van der Waals surface area contributed by atoms with Gasteiger partial charge in [0, 0.05) is 18.3 Å². The van der Waals surface area contributed by atoms with E-state index in [1.807, 2.05) is 32.0 Å². The summed E-state index contributed by atoms with van der Waals surface area (Å²) in [5, 5.41) is 2.79. The first kappa shape index (κ1) is 24.0. The molecule has 1 aromatic heterocycles. The summed E-state index contributed by atoms with van der Waals surface area (Å²) in [6.07, 6.45) is 0. The first-order valence-electron chi connectivity index (χ1n) is 10.9. The summed E-state index contributed by atoms with van der Waals surface area (Å²) < 4.78 is 31.8. The minimum atomic E-state index is -4.14. The van der Waals surface area contributed by atoms with E-state index < -0.39 is 21.5 Å². The number of para-hydroxylation sites is 1. The van der Waals surface area contributed by atoms with Gasteiger partial charge in [0.1, 0.15) is 5.69 Å². The molecular formula is C26H26N4O4S. The van der Waals surface area contributed by atoms with Gasteiger partial charge in [0.2, 0.25) is 0 Å². The minimum Gasteiger partial charge on any atom is -0.322 e. The second kappa shape index (κ2) is 9.27. The highest BCUT2D eigenvalue weighted by molar-refractivity contribution is 7.92. The number of hydrogen-bond acceptors (Lipinski definition) is 4. The monoisotopic (exact) mass is 490 g/mol. The smallest absolute Gasteiger partial charge is 0.296 e. The number of aryl methyl sites for hydroxylation is 2.